The summed E-state index contributed by atoms with van der Waals surface area (Å²) in [5.74, 6) is 0.539. The minimum atomic E-state index is -0.504. The Morgan fingerprint density at radius 1 is 1.29 bits per heavy atom. The molecule has 21 heavy (non-hydrogen) atoms. The second kappa shape index (κ2) is 6.28. The fraction of sp³-hybridized carbons (Fsp3) is 0.667. The highest BCUT2D eigenvalue weighted by Crippen LogP contribution is 2.23. The van der Waals surface area contributed by atoms with Gasteiger partial charge in [-0.15, -0.1) is 0 Å². The molecule has 0 aliphatic heterocycles. The Morgan fingerprint density at radius 3 is 2.52 bits per heavy atom. The lowest BCUT2D eigenvalue weighted by Gasteiger charge is -2.25. The molecule has 2 rings (SSSR count). The molecule has 1 amide bonds. The Bertz CT molecular complexity index is 503. The fourth-order valence-electron chi connectivity index (χ4n) is 2.51. The van der Waals surface area contributed by atoms with Crippen LogP contribution >= 0.6 is 0 Å². The molecule has 0 atom stereocenters. The van der Waals surface area contributed by atoms with Crippen LogP contribution in [0.2, 0.25) is 0 Å². The van der Waals surface area contributed by atoms with Crippen LogP contribution in [0.5, 0.6) is 0 Å². The van der Waals surface area contributed by atoms with E-state index >= 15 is 0 Å². The topological polar surface area (TPSA) is 92.9 Å². The zero-order valence-corrected chi connectivity index (χ0v) is 13.1. The van der Waals surface area contributed by atoms with Gasteiger partial charge in [0.2, 0.25) is 5.95 Å². The average molecular weight is 291 g/mol. The van der Waals surface area contributed by atoms with E-state index in [1.54, 1.807) is 0 Å². The number of aromatic nitrogens is 2. The van der Waals surface area contributed by atoms with Crippen LogP contribution in [0.3, 0.4) is 0 Å². The van der Waals surface area contributed by atoms with Crippen molar-refractivity contribution in [2.75, 3.05) is 10.6 Å². The number of rotatable bonds is 4. The normalized spacial score (nSPS) is 16.5. The van der Waals surface area contributed by atoms with Gasteiger partial charge < -0.3 is 16.4 Å². The standard InChI is InChI=1S/C15H25N5O/c1-15(2,3)20-14-17-9-11(12(16)21)13(19-14)18-10-7-5-4-6-8-10/h9-10H,4-8H2,1-3H3,(H2,16,21)(H2,17,18,19,20). The minimum Gasteiger partial charge on any atom is -0.367 e. The molecule has 0 aromatic carbocycles. The van der Waals surface area contributed by atoms with Gasteiger partial charge in [-0.2, -0.15) is 4.98 Å². The average Bonchev–Trinajstić information content (AvgIpc) is 2.37. The third-order valence-corrected chi connectivity index (χ3v) is 3.49. The van der Waals surface area contributed by atoms with E-state index in [9.17, 15) is 4.79 Å². The molecule has 0 bridgehead atoms. The van der Waals surface area contributed by atoms with Crippen LogP contribution in [0.25, 0.3) is 0 Å². The van der Waals surface area contributed by atoms with Crippen molar-refractivity contribution in [3.8, 4) is 0 Å². The van der Waals surface area contributed by atoms with Crippen LogP contribution in [0.4, 0.5) is 11.8 Å². The van der Waals surface area contributed by atoms with E-state index in [-0.39, 0.29) is 5.54 Å². The molecule has 6 nitrogen and oxygen atoms in total. The zero-order valence-electron chi connectivity index (χ0n) is 13.1. The molecule has 1 aliphatic carbocycles. The molecular formula is C15H25N5O. The fourth-order valence-corrected chi connectivity index (χ4v) is 2.51. The summed E-state index contributed by atoms with van der Waals surface area (Å²) < 4.78 is 0. The predicted octanol–water partition coefficient (Wildman–Crippen LogP) is 2.53. The van der Waals surface area contributed by atoms with Gasteiger partial charge in [0.05, 0.1) is 5.56 Å². The summed E-state index contributed by atoms with van der Waals surface area (Å²) in [7, 11) is 0. The number of carbonyl (C=O) groups excluding carboxylic acids is 1. The van der Waals surface area contributed by atoms with Crippen molar-refractivity contribution in [2.24, 2.45) is 5.73 Å². The van der Waals surface area contributed by atoms with E-state index in [2.05, 4.69) is 20.6 Å². The molecule has 1 aromatic heterocycles. The molecule has 1 fully saturated rings. The molecule has 0 spiro atoms. The molecule has 4 N–H and O–H groups in total. The smallest absolute Gasteiger partial charge is 0.254 e. The largest absolute Gasteiger partial charge is 0.367 e. The number of carbonyl (C=O) groups is 1. The van der Waals surface area contributed by atoms with Gasteiger partial charge >= 0.3 is 0 Å². The first-order chi connectivity index (χ1) is 9.85. The van der Waals surface area contributed by atoms with Crippen molar-refractivity contribution in [3.63, 3.8) is 0 Å². The van der Waals surface area contributed by atoms with E-state index < -0.39 is 5.91 Å². The van der Waals surface area contributed by atoms with Crippen LogP contribution in [0.15, 0.2) is 6.20 Å². The summed E-state index contributed by atoms with van der Waals surface area (Å²) >= 11 is 0. The first-order valence-corrected chi connectivity index (χ1v) is 7.57. The Morgan fingerprint density at radius 2 is 1.95 bits per heavy atom. The van der Waals surface area contributed by atoms with Crippen LogP contribution < -0.4 is 16.4 Å². The Hall–Kier alpha value is -1.85. The van der Waals surface area contributed by atoms with Crippen molar-refractivity contribution in [3.05, 3.63) is 11.8 Å². The first kappa shape index (κ1) is 15.5. The van der Waals surface area contributed by atoms with Crippen LogP contribution in [-0.2, 0) is 0 Å². The third-order valence-electron chi connectivity index (χ3n) is 3.49. The van der Waals surface area contributed by atoms with Gasteiger partial charge in [0.1, 0.15) is 5.82 Å². The Kier molecular flexibility index (Phi) is 4.65. The number of amides is 1. The Balaban J connectivity index is 2.21. The lowest BCUT2D eigenvalue weighted by molar-refractivity contribution is 0.100. The van der Waals surface area contributed by atoms with Gasteiger partial charge in [0.25, 0.3) is 5.91 Å². The summed E-state index contributed by atoms with van der Waals surface area (Å²) in [6.07, 6.45) is 7.40. The van der Waals surface area contributed by atoms with Crippen molar-refractivity contribution in [2.45, 2.75) is 64.5 Å². The highest BCUT2D eigenvalue weighted by atomic mass is 16.1. The lowest BCUT2D eigenvalue weighted by atomic mass is 9.95. The molecular weight excluding hydrogens is 266 g/mol. The number of anilines is 2. The van der Waals surface area contributed by atoms with E-state index in [0.717, 1.165) is 12.8 Å². The van der Waals surface area contributed by atoms with Gasteiger partial charge in [-0.05, 0) is 33.6 Å². The number of nitrogens with zero attached hydrogens (tertiary/aromatic N) is 2. The third kappa shape index (κ3) is 4.58. The lowest BCUT2D eigenvalue weighted by Crippen LogP contribution is -2.29. The van der Waals surface area contributed by atoms with Crippen molar-refractivity contribution >= 4 is 17.7 Å². The first-order valence-electron chi connectivity index (χ1n) is 7.57. The highest BCUT2D eigenvalue weighted by Gasteiger charge is 2.19. The Labute approximate surface area is 125 Å². The van der Waals surface area contributed by atoms with Gasteiger partial charge in [-0.1, -0.05) is 19.3 Å². The molecule has 0 saturated heterocycles. The quantitative estimate of drug-likeness (QED) is 0.792. The number of hydrogen-bond donors (Lipinski definition) is 3. The monoisotopic (exact) mass is 291 g/mol. The number of primary amides is 1. The van der Waals surface area contributed by atoms with Crippen molar-refractivity contribution < 1.29 is 4.79 Å². The maximum Gasteiger partial charge on any atom is 0.254 e. The predicted molar refractivity (Wildman–Crippen MR) is 84.4 cm³/mol. The van der Waals surface area contributed by atoms with Crippen molar-refractivity contribution in [1.82, 2.24) is 9.97 Å². The molecule has 1 aliphatic rings. The van der Waals surface area contributed by atoms with E-state index in [0.29, 0.717) is 23.4 Å². The minimum absolute atomic E-state index is 0.143. The summed E-state index contributed by atoms with van der Waals surface area (Å²) in [4.78, 5) is 20.2. The van der Waals surface area contributed by atoms with Crippen molar-refractivity contribution in [1.29, 1.82) is 0 Å². The van der Waals surface area contributed by atoms with E-state index in [1.165, 1.54) is 25.5 Å². The molecule has 1 aromatic rings. The SMILES string of the molecule is CC(C)(C)Nc1ncc(C(N)=O)c(NC2CCCCC2)n1. The summed E-state index contributed by atoms with van der Waals surface area (Å²) in [6.45, 7) is 6.10. The summed E-state index contributed by atoms with van der Waals surface area (Å²) in [6, 6.07) is 0.356. The molecule has 116 valence electrons. The molecule has 0 unspecified atom stereocenters. The summed E-state index contributed by atoms with van der Waals surface area (Å²) in [5.41, 5.74) is 5.62. The molecule has 6 heteroatoms. The van der Waals surface area contributed by atoms with Crippen LogP contribution in [0.1, 0.15) is 63.2 Å². The van der Waals surface area contributed by atoms with E-state index in [1.807, 2.05) is 20.8 Å². The van der Waals surface area contributed by atoms with Gasteiger partial charge in [-0.3, -0.25) is 4.79 Å². The molecule has 0 radical (unpaired) electrons. The number of hydrogen-bond acceptors (Lipinski definition) is 5. The second-order valence-electron chi connectivity index (χ2n) is 6.67. The number of nitrogens with one attached hydrogen (secondary N) is 2. The van der Waals surface area contributed by atoms with Gasteiger partial charge in [0, 0.05) is 17.8 Å². The van der Waals surface area contributed by atoms with Gasteiger partial charge in [0.15, 0.2) is 0 Å². The van der Waals surface area contributed by atoms with Gasteiger partial charge in [-0.25, -0.2) is 4.98 Å². The maximum absolute atomic E-state index is 11.5. The highest BCUT2D eigenvalue weighted by molar-refractivity contribution is 5.97. The molecule has 1 saturated carbocycles. The maximum atomic E-state index is 11.5. The summed E-state index contributed by atoms with van der Waals surface area (Å²) in [5, 5.41) is 6.58. The number of nitrogens with two attached hydrogens (primary N) is 1. The zero-order chi connectivity index (χ0) is 15.5. The van der Waals surface area contributed by atoms with E-state index in [4.69, 9.17) is 5.73 Å². The van der Waals surface area contributed by atoms with Crippen LogP contribution in [-0.4, -0.2) is 27.5 Å². The van der Waals surface area contributed by atoms with Crippen LogP contribution in [0, 0.1) is 0 Å². The molecule has 1 heterocycles. The second-order valence-corrected chi connectivity index (χ2v) is 6.67.